The third-order valence-corrected chi connectivity index (χ3v) is 4.06. The molecule has 0 spiro atoms. The molecular formula is C15H20N4O3. The monoisotopic (exact) mass is 304 g/mol. The normalized spacial score (nSPS) is 18.1. The van der Waals surface area contributed by atoms with Crippen LogP contribution in [0.1, 0.15) is 35.8 Å². The van der Waals surface area contributed by atoms with Gasteiger partial charge in [0.2, 0.25) is 5.95 Å². The van der Waals surface area contributed by atoms with Crippen molar-refractivity contribution < 1.29 is 14.3 Å². The first-order valence-electron chi connectivity index (χ1n) is 7.75. The van der Waals surface area contributed by atoms with Crippen LogP contribution in [0, 0.1) is 0 Å². The van der Waals surface area contributed by atoms with Gasteiger partial charge in [-0.15, -0.1) is 0 Å². The number of aromatic nitrogens is 2. The Kier molecular flexibility index (Phi) is 4.22. The van der Waals surface area contributed by atoms with Crippen molar-refractivity contribution >= 4 is 17.8 Å². The first-order chi connectivity index (χ1) is 10.7. The van der Waals surface area contributed by atoms with Crippen LogP contribution >= 0.6 is 0 Å². The van der Waals surface area contributed by atoms with E-state index in [9.17, 15) is 9.59 Å². The smallest absolute Gasteiger partial charge is 0.409 e. The van der Waals surface area contributed by atoms with Crippen LogP contribution in [-0.4, -0.2) is 59.5 Å². The number of amides is 1. The summed E-state index contributed by atoms with van der Waals surface area (Å²) >= 11 is 0. The van der Waals surface area contributed by atoms with Crippen molar-refractivity contribution in [1.82, 2.24) is 14.9 Å². The fraction of sp³-hybridized carbons (Fsp3) is 0.600. The Bertz CT molecular complexity index is 582. The highest BCUT2D eigenvalue weighted by molar-refractivity contribution is 5.97. The molecule has 0 unspecified atom stereocenters. The number of fused-ring (bicyclic) bond motifs is 1. The molecule has 7 nitrogen and oxygen atoms in total. The highest BCUT2D eigenvalue weighted by atomic mass is 16.6. The van der Waals surface area contributed by atoms with Crippen molar-refractivity contribution in [3.8, 4) is 0 Å². The Morgan fingerprint density at radius 3 is 2.77 bits per heavy atom. The van der Waals surface area contributed by atoms with Crippen molar-refractivity contribution in [2.75, 3.05) is 37.7 Å². The number of Topliss-reactive ketones (excluding diaryl/α,β-unsaturated/α-hetero) is 1. The summed E-state index contributed by atoms with van der Waals surface area (Å²) in [6.07, 6.45) is 3.67. The Labute approximate surface area is 129 Å². The minimum absolute atomic E-state index is 0.139. The van der Waals surface area contributed by atoms with E-state index >= 15 is 0 Å². The largest absolute Gasteiger partial charge is 0.450 e. The zero-order valence-corrected chi connectivity index (χ0v) is 12.7. The lowest BCUT2D eigenvalue weighted by Crippen LogP contribution is -2.49. The van der Waals surface area contributed by atoms with E-state index in [1.165, 1.54) is 0 Å². The van der Waals surface area contributed by atoms with Crippen molar-refractivity contribution in [2.24, 2.45) is 0 Å². The summed E-state index contributed by atoms with van der Waals surface area (Å²) in [6, 6.07) is 0. The third-order valence-electron chi connectivity index (χ3n) is 4.06. The number of aryl methyl sites for hydroxylation is 1. The maximum atomic E-state index is 11.8. The number of ether oxygens (including phenoxy) is 1. The number of anilines is 1. The van der Waals surface area contributed by atoms with Gasteiger partial charge in [0.05, 0.1) is 17.9 Å². The van der Waals surface area contributed by atoms with Crippen LogP contribution in [0.5, 0.6) is 0 Å². The quantitative estimate of drug-likeness (QED) is 0.819. The van der Waals surface area contributed by atoms with Gasteiger partial charge in [-0.05, 0) is 19.8 Å². The Morgan fingerprint density at radius 1 is 1.27 bits per heavy atom. The van der Waals surface area contributed by atoms with Gasteiger partial charge < -0.3 is 14.5 Å². The van der Waals surface area contributed by atoms with Crippen molar-refractivity contribution in [2.45, 2.75) is 26.2 Å². The summed E-state index contributed by atoms with van der Waals surface area (Å²) < 4.78 is 5.01. The number of nitrogens with zero attached hydrogens (tertiary/aromatic N) is 4. The first kappa shape index (κ1) is 14.7. The summed E-state index contributed by atoms with van der Waals surface area (Å²) in [7, 11) is 0. The minimum Gasteiger partial charge on any atom is -0.450 e. The van der Waals surface area contributed by atoms with Crippen LogP contribution < -0.4 is 4.90 Å². The fourth-order valence-corrected chi connectivity index (χ4v) is 2.84. The van der Waals surface area contributed by atoms with Gasteiger partial charge in [0.25, 0.3) is 0 Å². The molecular weight excluding hydrogens is 284 g/mol. The molecule has 7 heteroatoms. The molecule has 2 aliphatic rings. The van der Waals surface area contributed by atoms with Crippen LogP contribution in [-0.2, 0) is 11.2 Å². The molecule has 0 bridgehead atoms. The maximum Gasteiger partial charge on any atom is 0.409 e. The molecule has 2 heterocycles. The minimum atomic E-state index is -0.265. The van der Waals surface area contributed by atoms with Gasteiger partial charge >= 0.3 is 6.09 Å². The number of ketones is 1. The molecule has 0 N–H and O–H groups in total. The van der Waals surface area contributed by atoms with E-state index in [-0.39, 0.29) is 11.9 Å². The van der Waals surface area contributed by atoms with Gasteiger partial charge in [-0.3, -0.25) is 4.79 Å². The maximum absolute atomic E-state index is 11.8. The van der Waals surface area contributed by atoms with Crippen LogP contribution in [0.15, 0.2) is 6.20 Å². The predicted octanol–water partition coefficient (Wildman–Crippen LogP) is 1.27. The second-order valence-corrected chi connectivity index (χ2v) is 5.48. The van der Waals surface area contributed by atoms with E-state index in [4.69, 9.17) is 4.74 Å². The van der Waals surface area contributed by atoms with E-state index < -0.39 is 0 Å². The van der Waals surface area contributed by atoms with Gasteiger partial charge in [0, 0.05) is 38.8 Å². The number of piperazine rings is 1. The number of rotatable bonds is 2. The number of carbonyl (C=O) groups is 2. The molecule has 118 valence electrons. The summed E-state index contributed by atoms with van der Waals surface area (Å²) in [5.74, 6) is 0.789. The van der Waals surface area contributed by atoms with E-state index in [1.54, 1.807) is 18.0 Å². The van der Waals surface area contributed by atoms with E-state index in [0.29, 0.717) is 50.7 Å². The van der Waals surface area contributed by atoms with Gasteiger partial charge in [-0.2, -0.15) is 0 Å². The van der Waals surface area contributed by atoms with Crippen LogP contribution in [0.3, 0.4) is 0 Å². The molecule has 1 saturated heterocycles. The van der Waals surface area contributed by atoms with Crippen molar-refractivity contribution in [3.05, 3.63) is 17.5 Å². The zero-order chi connectivity index (χ0) is 15.5. The molecule has 1 fully saturated rings. The average Bonchev–Trinajstić information content (AvgIpc) is 2.55. The van der Waals surface area contributed by atoms with Gasteiger partial charge in [-0.1, -0.05) is 0 Å². The second kappa shape index (κ2) is 6.29. The van der Waals surface area contributed by atoms with Gasteiger partial charge in [-0.25, -0.2) is 14.8 Å². The van der Waals surface area contributed by atoms with Gasteiger partial charge in [0.15, 0.2) is 5.78 Å². The molecule has 1 aromatic heterocycles. The number of carbonyl (C=O) groups excluding carboxylic acids is 2. The molecule has 0 saturated carbocycles. The number of hydrogen-bond acceptors (Lipinski definition) is 6. The summed E-state index contributed by atoms with van der Waals surface area (Å²) in [5, 5.41) is 0. The Morgan fingerprint density at radius 2 is 2.05 bits per heavy atom. The van der Waals surface area contributed by atoms with Crippen LogP contribution in [0.2, 0.25) is 0 Å². The first-order valence-corrected chi connectivity index (χ1v) is 7.75. The second-order valence-electron chi connectivity index (χ2n) is 5.48. The molecule has 0 radical (unpaired) electrons. The number of hydrogen-bond donors (Lipinski definition) is 0. The molecule has 22 heavy (non-hydrogen) atoms. The molecule has 3 rings (SSSR count). The third kappa shape index (κ3) is 2.88. The van der Waals surface area contributed by atoms with Crippen LogP contribution in [0.25, 0.3) is 0 Å². The zero-order valence-electron chi connectivity index (χ0n) is 12.7. The van der Waals surface area contributed by atoms with E-state index in [0.717, 1.165) is 18.5 Å². The fourth-order valence-electron chi connectivity index (χ4n) is 2.84. The molecule has 0 aromatic carbocycles. The molecule has 1 aromatic rings. The SMILES string of the molecule is CCOC(=O)N1CCN(c2ncc3c(n2)CCCC3=O)CC1. The van der Waals surface area contributed by atoms with Gasteiger partial charge in [0.1, 0.15) is 0 Å². The lowest BCUT2D eigenvalue weighted by Gasteiger charge is -2.34. The lowest BCUT2D eigenvalue weighted by atomic mass is 9.96. The molecule has 1 aliphatic carbocycles. The lowest BCUT2D eigenvalue weighted by molar-refractivity contribution is 0.0969. The van der Waals surface area contributed by atoms with Crippen LogP contribution in [0.4, 0.5) is 10.7 Å². The predicted molar refractivity (Wildman–Crippen MR) is 80.1 cm³/mol. The highest BCUT2D eigenvalue weighted by Crippen LogP contribution is 2.21. The average molecular weight is 304 g/mol. The summed E-state index contributed by atoms with van der Waals surface area (Å²) in [4.78, 5) is 36.1. The summed E-state index contributed by atoms with van der Waals surface area (Å²) in [6.45, 7) is 4.73. The molecule has 0 atom stereocenters. The van der Waals surface area contributed by atoms with E-state index in [1.807, 2.05) is 0 Å². The molecule has 1 aliphatic heterocycles. The standard InChI is InChI=1S/C15H20N4O3/c1-2-22-15(21)19-8-6-18(7-9-19)14-16-10-11-12(17-14)4-3-5-13(11)20/h10H,2-9H2,1H3. The highest BCUT2D eigenvalue weighted by Gasteiger charge is 2.25. The topological polar surface area (TPSA) is 75.6 Å². The van der Waals surface area contributed by atoms with Crippen molar-refractivity contribution in [3.63, 3.8) is 0 Å². The Balaban J connectivity index is 1.67. The van der Waals surface area contributed by atoms with E-state index in [2.05, 4.69) is 14.9 Å². The summed E-state index contributed by atoms with van der Waals surface area (Å²) in [5.41, 5.74) is 1.52. The van der Waals surface area contributed by atoms with Crippen molar-refractivity contribution in [1.29, 1.82) is 0 Å². The Hall–Kier alpha value is -2.18. The molecule has 1 amide bonds.